The molecule has 5 nitrogen and oxygen atoms in total. The summed E-state index contributed by atoms with van der Waals surface area (Å²) in [5, 5.41) is 20.7. The molecule has 1 fully saturated rings. The molecule has 12 heavy (non-hydrogen) atoms. The summed E-state index contributed by atoms with van der Waals surface area (Å²) in [5.41, 5.74) is 0. The molecule has 1 rings (SSSR count). The molecular formula is C7H16N2O3. The molecular weight excluding hydrogens is 160 g/mol. The highest BCUT2D eigenvalue weighted by Crippen LogP contribution is 1.90. The Morgan fingerprint density at radius 3 is 1.75 bits per heavy atom. The number of carboxylic acid groups (broad SMARTS) is 2. The second-order valence-corrected chi connectivity index (χ2v) is 2.91. The SMILES string of the molecule is CC1CNCC(C)N1.O=C(O)O. The molecule has 1 aliphatic rings. The minimum absolute atomic E-state index is 0.652. The Morgan fingerprint density at radius 2 is 1.58 bits per heavy atom. The van der Waals surface area contributed by atoms with Gasteiger partial charge in [-0.3, -0.25) is 0 Å². The van der Waals surface area contributed by atoms with Crippen molar-refractivity contribution in [2.24, 2.45) is 0 Å². The molecule has 0 amide bonds. The highest BCUT2D eigenvalue weighted by atomic mass is 16.6. The van der Waals surface area contributed by atoms with Gasteiger partial charge >= 0.3 is 6.16 Å². The highest BCUT2D eigenvalue weighted by molar-refractivity contribution is 5.53. The molecule has 5 heteroatoms. The van der Waals surface area contributed by atoms with Gasteiger partial charge in [-0.05, 0) is 13.8 Å². The largest absolute Gasteiger partial charge is 0.503 e. The van der Waals surface area contributed by atoms with Crippen LogP contribution < -0.4 is 10.6 Å². The van der Waals surface area contributed by atoms with Gasteiger partial charge < -0.3 is 20.8 Å². The van der Waals surface area contributed by atoms with Crippen molar-refractivity contribution in [3.05, 3.63) is 0 Å². The number of rotatable bonds is 0. The maximum atomic E-state index is 8.56. The fraction of sp³-hybridized carbons (Fsp3) is 0.857. The molecule has 0 aliphatic carbocycles. The first-order valence-electron chi connectivity index (χ1n) is 3.91. The topological polar surface area (TPSA) is 81.6 Å². The molecule has 2 atom stereocenters. The van der Waals surface area contributed by atoms with Crippen molar-refractivity contribution in [2.45, 2.75) is 25.9 Å². The van der Waals surface area contributed by atoms with E-state index in [9.17, 15) is 0 Å². The van der Waals surface area contributed by atoms with E-state index in [-0.39, 0.29) is 0 Å². The van der Waals surface area contributed by atoms with E-state index in [0.717, 1.165) is 13.1 Å². The van der Waals surface area contributed by atoms with Crippen LogP contribution in [0.5, 0.6) is 0 Å². The predicted molar refractivity (Wildman–Crippen MR) is 45.6 cm³/mol. The maximum absolute atomic E-state index is 8.56. The normalized spacial score (nSPS) is 28.5. The van der Waals surface area contributed by atoms with Gasteiger partial charge in [0.05, 0.1) is 0 Å². The van der Waals surface area contributed by atoms with Gasteiger partial charge in [-0.25, -0.2) is 4.79 Å². The quantitative estimate of drug-likeness (QED) is 0.423. The van der Waals surface area contributed by atoms with E-state index in [1.165, 1.54) is 0 Å². The van der Waals surface area contributed by atoms with E-state index in [1.807, 2.05) is 0 Å². The Bertz CT molecular complexity index is 129. The van der Waals surface area contributed by atoms with Crippen LogP contribution in [0.25, 0.3) is 0 Å². The summed E-state index contributed by atoms with van der Waals surface area (Å²) in [7, 11) is 0. The summed E-state index contributed by atoms with van der Waals surface area (Å²) in [5.74, 6) is 0. The zero-order chi connectivity index (χ0) is 9.56. The van der Waals surface area contributed by atoms with Crippen LogP contribution >= 0.6 is 0 Å². The number of piperazine rings is 1. The molecule has 1 saturated heterocycles. The minimum Gasteiger partial charge on any atom is -0.450 e. The Morgan fingerprint density at radius 1 is 1.25 bits per heavy atom. The third-order valence-corrected chi connectivity index (χ3v) is 1.47. The van der Waals surface area contributed by atoms with Crippen molar-refractivity contribution in [3.8, 4) is 0 Å². The van der Waals surface area contributed by atoms with Crippen molar-refractivity contribution in [2.75, 3.05) is 13.1 Å². The van der Waals surface area contributed by atoms with Crippen molar-refractivity contribution >= 4 is 6.16 Å². The predicted octanol–water partition coefficient (Wildman–Crippen LogP) is 0.179. The lowest BCUT2D eigenvalue weighted by Crippen LogP contribution is -2.52. The molecule has 0 spiro atoms. The minimum atomic E-state index is -1.83. The summed E-state index contributed by atoms with van der Waals surface area (Å²) < 4.78 is 0. The maximum Gasteiger partial charge on any atom is 0.503 e. The van der Waals surface area contributed by atoms with Gasteiger partial charge in [0.15, 0.2) is 0 Å². The number of nitrogens with one attached hydrogen (secondary N) is 2. The van der Waals surface area contributed by atoms with Gasteiger partial charge in [-0.15, -0.1) is 0 Å². The first-order valence-corrected chi connectivity index (χ1v) is 3.91. The average molecular weight is 176 g/mol. The van der Waals surface area contributed by atoms with E-state index in [1.54, 1.807) is 0 Å². The summed E-state index contributed by atoms with van der Waals surface area (Å²) >= 11 is 0. The third-order valence-electron chi connectivity index (χ3n) is 1.47. The monoisotopic (exact) mass is 176 g/mol. The molecule has 0 aromatic carbocycles. The molecule has 2 unspecified atom stereocenters. The van der Waals surface area contributed by atoms with Gasteiger partial charge in [0.25, 0.3) is 0 Å². The molecule has 0 aromatic rings. The van der Waals surface area contributed by atoms with Crippen LogP contribution in [0.3, 0.4) is 0 Å². The van der Waals surface area contributed by atoms with Crippen LogP contribution in [-0.4, -0.2) is 41.5 Å². The summed E-state index contributed by atoms with van der Waals surface area (Å²) in [6.07, 6.45) is -1.83. The number of hydrogen-bond acceptors (Lipinski definition) is 3. The average Bonchev–Trinajstić information content (AvgIpc) is 1.84. The Hall–Kier alpha value is -0.810. The summed E-state index contributed by atoms with van der Waals surface area (Å²) in [6.45, 7) is 6.62. The van der Waals surface area contributed by atoms with Crippen molar-refractivity contribution in [3.63, 3.8) is 0 Å². The van der Waals surface area contributed by atoms with E-state index >= 15 is 0 Å². The Balaban J connectivity index is 0.000000261. The molecule has 0 aromatic heterocycles. The smallest absolute Gasteiger partial charge is 0.450 e. The van der Waals surface area contributed by atoms with Crippen molar-refractivity contribution in [1.82, 2.24) is 10.6 Å². The van der Waals surface area contributed by atoms with Crippen LogP contribution in [-0.2, 0) is 0 Å². The van der Waals surface area contributed by atoms with Crippen LogP contribution in [0.1, 0.15) is 13.8 Å². The first kappa shape index (κ1) is 11.2. The number of hydrogen-bond donors (Lipinski definition) is 4. The van der Waals surface area contributed by atoms with Gasteiger partial charge in [-0.2, -0.15) is 0 Å². The van der Waals surface area contributed by atoms with E-state index in [2.05, 4.69) is 24.5 Å². The van der Waals surface area contributed by atoms with E-state index < -0.39 is 6.16 Å². The van der Waals surface area contributed by atoms with Gasteiger partial charge in [-0.1, -0.05) is 0 Å². The summed E-state index contributed by atoms with van der Waals surface area (Å²) in [4.78, 5) is 8.56. The van der Waals surface area contributed by atoms with E-state index in [4.69, 9.17) is 15.0 Å². The van der Waals surface area contributed by atoms with Gasteiger partial charge in [0.1, 0.15) is 0 Å². The zero-order valence-corrected chi connectivity index (χ0v) is 7.37. The Kier molecular flexibility index (Phi) is 5.40. The first-order chi connectivity index (χ1) is 5.52. The molecule has 0 bridgehead atoms. The zero-order valence-electron chi connectivity index (χ0n) is 7.37. The Labute approximate surface area is 71.8 Å². The van der Waals surface area contributed by atoms with Crippen LogP contribution in [0.2, 0.25) is 0 Å². The second-order valence-electron chi connectivity index (χ2n) is 2.91. The fourth-order valence-electron chi connectivity index (χ4n) is 1.12. The molecule has 0 saturated carbocycles. The van der Waals surface area contributed by atoms with Crippen molar-refractivity contribution in [1.29, 1.82) is 0 Å². The van der Waals surface area contributed by atoms with Gasteiger partial charge in [0, 0.05) is 25.2 Å². The van der Waals surface area contributed by atoms with Crippen LogP contribution in [0, 0.1) is 0 Å². The number of carbonyl (C=O) groups is 1. The lowest BCUT2D eigenvalue weighted by Gasteiger charge is -2.26. The third kappa shape index (κ3) is 7.30. The van der Waals surface area contributed by atoms with Crippen LogP contribution in [0.15, 0.2) is 0 Å². The molecule has 1 heterocycles. The van der Waals surface area contributed by atoms with Crippen LogP contribution in [0.4, 0.5) is 4.79 Å². The lowest BCUT2D eigenvalue weighted by molar-refractivity contribution is 0.137. The van der Waals surface area contributed by atoms with E-state index in [0.29, 0.717) is 12.1 Å². The molecule has 4 N–H and O–H groups in total. The second kappa shape index (κ2) is 5.79. The molecule has 0 radical (unpaired) electrons. The molecule has 72 valence electrons. The lowest BCUT2D eigenvalue weighted by atomic mass is 10.2. The molecule has 1 aliphatic heterocycles. The standard InChI is InChI=1S/C6H14N2.CH2O3/c1-5-3-7-4-6(2)8-5;2-1(3)4/h5-8H,3-4H2,1-2H3;(H2,2,3,4). The van der Waals surface area contributed by atoms with Crippen molar-refractivity contribution < 1.29 is 15.0 Å². The fourth-order valence-corrected chi connectivity index (χ4v) is 1.12. The van der Waals surface area contributed by atoms with Gasteiger partial charge in [0.2, 0.25) is 0 Å². The summed E-state index contributed by atoms with van der Waals surface area (Å²) in [6, 6.07) is 1.30. The highest BCUT2D eigenvalue weighted by Gasteiger charge is 2.11.